The summed E-state index contributed by atoms with van der Waals surface area (Å²) in [5.74, 6) is 0.931. The van der Waals surface area contributed by atoms with E-state index in [0.717, 1.165) is 12.5 Å². The van der Waals surface area contributed by atoms with E-state index in [9.17, 15) is 0 Å². The van der Waals surface area contributed by atoms with Crippen LogP contribution in [-0.4, -0.2) is 38.1 Å². The Morgan fingerprint density at radius 3 is 3.07 bits per heavy atom. The molecule has 1 heterocycles. The van der Waals surface area contributed by atoms with Gasteiger partial charge in [-0.25, -0.2) is 0 Å². The lowest BCUT2D eigenvalue weighted by molar-refractivity contribution is 0.308. The maximum atomic E-state index is 3.75. The molecule has 0 aromatic rings. The van der Waals surface area contributed by atoms with Crippen LogP contribution in [0.25, 0.3) is 0 Å². The molecular formula is C12H24N2. The van der Waals surface area contributed by atoms with Crippen LogP contribution >= 0.6 is 0 Å². The molecule has 1 aliphatic rings. The van der Waals surface area contributed by atoms with Crippen LogP contribution in [0.15, 0.2) is 12.7 Å². The Balaban J connectivity index is 1.99. The molecule has 0 bridgehead atoms. The fourth-order valence-corrected chi connectivity index (χ4v) is 2.13. The number of piperidine rings is 1. The number of rotatable bonds is 6. The van der Waals surface area contributed by atoms with Crippen molar-refractivity contribution in [1.82, 2.24) is 10.2 Å². The van der Waals surface area contributed by atoms with Crippen LogP contribution in [-0.2, 0) is 0 Å². The normalized spacial score (nSPS) is 22.6. The average Bonchev–Trinajstić information content (AvgIpc) is 2.20. The molecule has 82 valence electrons. The van der Waals surface area contributed by atoms with Gasteiger partial charge in [0.2, 0.25) is 0 Å². The van der Waals surface area contributed by atoms with E-state index in [0.29, 0.717) is 0 Å². The second kappa shape index (κ2) is 7.02. The molecule has 0 saturated carbocycles. The predicted molar refractivity (Wildman–Crippen MR) is 62.5 cm³/mol. The maximum Gasteiger partial charge on any atom is 0.0157 e. The van der Waals surface area contributed by atoms with E-state index >= 15 is 0 Å². The maximum absolute atomic E-state index is 3.75. The monoisotopic (exact) mass is 196 g/mol. The summed E-state index contributed by atoms with van der Waals surface area (Å²) in [4.78, 5) is 2.34. The molecule has 1 N–H and O–H groups in total. The molecule has 1 atom stereocenters. The Bertz CT molecular complexity index is 150. The SMILES string of the molecule is C=CCN(C)CCCC1CCCNC1. The highest BCUT2D eigenvalue weighted by molar-refractivity contribution is 4.72. The minimum atomic E-state index is 0.931. The van der Waals surface area contributed by atoms with Gasteiger partial charge in [-0.3, -0.25) is 0 Å². The third-order valence-electron chi connectivity index (χ3n) is 2.99. The van der Waals surface area contributed by atoms with Crippen molar-refractivity contribution in [1.29, 1.82) is 0 Å². The van der Waals surface area contributed by atoms with Crippen molar-refractivity contribution in [3.8, 4) is 0 Å². The molecule has 0 aromatic heterocycles. The van der Waals surface area contributed by atoms with Gasteiger partial charge in [0, 0.05) is 6.54 Å². The molecule has 1 aliphatic heterocycles. The highest BCUT2D eigenvalue weighted by Crippen LogP contribution is 2.15. The summed E-state index contributed by atoms with van der Waals surface area (Å²) >= 11 is 0. The summed E-state index contributed by atoms with van der Waals surface area (Å²) in [7, 11) is 2.17. The molecule has 14 heavy (non-hydrogen) atoms. The van der Waals surface area contributed by atoms with Gasteiger partial charge in [-0.05, 0) is 58.3 Å². The molecule has 1 rings (SSSR count). The molecule has 0 radical (unpaired) electrons. The Morgan fingerprint density at radius 1 is 1.57 bits per heavy atom. The Morgan fingerprint density at radius 2 is 2.43 bits per heavy atom. The lowest BCUT2D eigenvalue weighted by Gasteiger charge is -2.23. The lowest BCUT2D eigenvalue weighted by atomic mass is 9.95. The van der Waals surface area contributed by atoms with Crippen molar-refractivity contribution in [2.75, 3.05) is 33.2 Å². The van der Waals surface area contributed by atoms with Crippen LogP contribution in [0, 0.1) is 5.92 Å². The molecule has 2 nitrogen and oxygen atoms in total. The van der Waals surface area contributed by atoms with Crippen LogP contribution in [0.1, 0.15) is 25.7 Å². The molecule has 1 saturated heterocycles. The van der Waals surface area contributed by atoms with Gasteiger partial charge in [0.15, 0.2) is 0 Å². The summed E-state index contributed by atoms with van der Waals surface area (Å²) < 4.78 is 0. The summed E-state index contributed by atoms with van der Waals surface area (Å²) in [5.41, 5.74) is 0. The second-order valence-electron chi connectivity index (χ2n) is 4.41. The summed E-state index contributed by atoms with van der Waals surface area (Å²) in [5, 5.41) is 3.47. The van der Waals surface area contributed by atoms with E-state index in [-0.39, 0.29) is 0 Å². The molecule has 2 heteroatoms. The molecule has 0 amide bonds. The van der Waals surface area contributed by atoms with Gasteiger partial charge >= 0.3 is 0 Å². The van der Waals surface area contributed by atoms with E-state index in [1.807, 2.05) is 6.08 Å². The van der Waals surface area contributed by atoms with E-state index in [1.54, 1.807) is 0 Å². The highest BCUT2D eigenvalue weighted by Gasteiger charge is 2.12. The van der Waals surface area contributed by atoms with Crippen LogP contribution in [0.5, 0.6) is 0 Å². The Hall–Kier alpha value is -0.340. The third-order valence-corrected chi connectivity index (χ3v) is 2.99. The fraction of sp³-hybridized carbons (Fsp3) is 0.833. The predicted octanol–water partition coefficient (Wildman–Crippen LogP) is 1.88. The highest BCUT2D eigenvalue weighted by atomic mass is 15.1. The van der Waals surface area contributed by atoms with E-state index in [1.165, 1.54) is 45.3 Å². The average molecular weight is 196 g/mol. The van der Waals surface area contributed by atoms with Gasteiger partial charge < -0.3 is 10.2 Å². The van der Waals surface area contributed by atoms with Gasteiger partial charge in [-0.2, -0.15) is 0 Å². The first-order valence-electron chi connectivity index (χ1n) is 5.83. The first kappa shape index (κ1) is 11.7. The van der Waals surface area contributed by atoms with E-state index in [2.05, 4.69) is 23.8 Å². The summed E-state index contributed by atoms with van der Waals surface area (Å²) in [6.45, 7) is 8.44. The van der Waals surface area contributed by atoms with E-state index in [4.69, 9.17) is 0 Å². The van der Waals surface area contributed by atoms with Gasteiger partial charge in [-0.1, -0.05) is 6.08 Å². The number of likely N-dealkylation sites (N-methyl/N-ethyl adjacent to an activating group) is 1. The van der Waals surface area contributed by atoms with E-state index < -0.39 is 0 Å². The lowest BCUT2D eigenvalue weighted by Crippen LogP contribution is -2.30. The van der Waals surface area contributed by atoms with Crippen LogP contribution in [0.3, 0.4) is 0 Å². The van der Waals surface area contributed by atoms with Crippen molar-refractivity contribution < 1.29 is 0 Å². The van der Waals surface area contributed by atoms with Crippen molar-refractivity contribution in [2.45, 2.75) is 25.7 Å². The van der Waals surface area contributed by atoms with Crippen LogP contribution < -0.4 is 5.32 Å². The quantitative estimate of drug-likeness (QED) is 0.653. The second-order valence-corrected chi connectivity index (χ2v) is 4.41. The van der Waals surface area contributed by atoms with Gasteiger partial charge in [0.05, 0.1) is 0 Å². The van der Waals surface area contributed by atoms with Gasteiger partial charge in [0.25, 0.3) is 0 Å². The number of hydrogen-bond donors (Lipinski definition) is 1. The fourth-order valence-electron chi connectivity index (χ4n) is 2.13. The summed E-state index contributed by atoms with van der Waals surface area (Å²) in [6.07, 6.45) is 7.48. The zero-order chi connectivity index (χ0) is 10.2. The first-order chi connectivity index (χ1) is 6.83. The largest absolute Gasteiger partial charge is 0.316 e. The summed E-state index contributed by atoms with van der Waals surface area (Å²) in [6, 6.07) is 0. The molecule has 1 unspecified atom stereocenters. The van der Waals surface area contributed by atoms with Crippen molar-refractivity contribution in [3.63, 3.8) is 0 Å². The number of nitrogens with one attached hydrogen (secondary N) is 1. The van der Waals surface area contributed by atoms with Crippen molar-refractivity contribution in [3.05, 3.63) is 12.7 Å². The standard InChI is InChI=1S/C12H24N2/c1-3-9-14(2)10-5-7-12-6-4-8-13-11-12/h3,12-13H,1,4-11H2,2H3. The van der Waals surface area contributed by atoms with Gasteiger partial charge in [0.1, 0.15) is 0 Å². The Kier molecular flexibility index (Phi) is 5.88. The van der Waals surface area contributed by atoms with Crippen LogP contribution in [0.4, 0.5) is 0 Å². The molecule has 0 aliphatic carbocycles. The molecular weight excluding hydrogens is 172 g/mol. The topological polar surface area (TPSA) is 15.3 Å². The third kappa shape index (κ3) is 4.77. The first-order valence-corrected chi connectivity index (χ1v) is 5.83. The zero-order valence-corrected chi connectivity index (χ0v) is 9.47. The minimum Gasteiger partial charge on any atom is -0.316 e. The van der Waals surface area contributed by atoms with Crippen molar-refractivity contribution in [2.24, 2.45) is 5.92 Å². The number of nitrogens with zero attached hydrogens (tertiary/aromatic N) is 1. The molecule has 0 aromatic carbocycles. The smallest absolute Gasteiger partial charge is 0.0157 e. The molecule has 1 fully saturated rings. The minimum absolute atomic E-state index is 0.931. The van der Waals surface area contributed by atoms with Gasteiger partial charge in [-0.15, -0.1) is 6.58 Å². The Labute approximate surface area is 88.4 Å². The van der Waals surface area contributed by atoms with Crippen LogP contribution in [0.2, 0.25) is 0 Å². The molecule has 0 spiro atoms. The van der Waals surface area contributed by atoms with Crippen molar-refractivity contribution >= 4 is 0 Å². The zero-order valence-electron chi connectivity index (χ0n) is 9.47. The number of hydrogen-bond acceptors (Lipinski definition) is 2.